The molecule has 1 aromatic carbocycles. The number of nitrogens with zero attached hydrogens (tertiary/aromatic N) is 2. The Morgan fingerprint density at radius 3 is 2.43 bits per heavy atom. The zero-order valence-electron chi connectivity index (χ0n) is 12.5. The maximum absolute atomic E-state index is 12.5. The van der Waals surface area contributed by atoms with E-state index in [1.165, 1.54) is 4.90 Å². The summed E-state index contributed by atoms with van der Waals surface area (Å²) in [5, 5.41) is 0. The molecular weight excluding hydrogens is 264 g/mol. The van der Waals surface area contributed by atoms with Gasteiger partial charge in [-0.1, -0.05) is 37.3 Å². The van der Waals surface area contributed by atoms with Gasteiger partial charge in [-0.2, -0.15) is 0 Å². The molecule has 0 bridgehead atoms. The summed E-state index contributed by atoms with van der Waals surface area (Å²) in [5.74, 6) is 0.392. The van der Waals surface area contributed by atoms with Gasteiger partial charge in [-0.05, 0) is 24.3 Å². The van der Waals surface area contributed by atoms with Gasteiger partial charge in [-0.15, -0.1) is 0 Å². The number of hydrogen-bond acceptors (Lipinski definition) is 3. The van der Waals surface area contributed by atoms with Crippen LogP contribution < -0.4 is 0 Å². The number of benzene rings is 1. The first-order valence-electron chi connectivity index (χ1n) is 7.76. The molecule has 0 aromatic heterocycles. The molecule has 2 amide bonds. The van der Waals surface area contributed by atoms with Gasteiger partial charge < -0.3 is 0 Å². The second kappa shape index (κ2) is 5.98. The third-order valence-corrected chi connectivity index (χ3v) is 4.66. The minimum atomic E-state index is -0.289. The van der Waals surface area contributed by atoms with Gasteiger partial charge >= 0.3 is 0 Å². The fraction of sp³-hybridized carbons (Fsp3) is 0.529. The average Bonchev–Trinajstić information content (AvgIpc) is 2.78. The highest BCUT2D eigenvalue weighted by atomic mass is 16.2. The molecule has 1 atom stereocenters. The topological polar surface area (TPSA) is 40.6 Å². The molecule has 4 heteroatoms. The maximum Gasteiger partial charge on any atom is 0.238 e. The predicted octanol–water partition coefficient (Wildman–Crippen LogP) is 2.22. The number of amides is 2. The summed E-state index contributed by atoms with van der Waals surface area (Å²) < 4.78 is 0. The van der Waals surface area contributed by atoms with Gasteiger partial charge in [-0.25, -0.2) is 0 Å². The van der Waals surface area contributed by atoms with Gasteiger partial charge in [0.25, 0.3) is 0 Å². The van der Waals surface area contributed by atoms with Gasteiger partial charge in [0.1, 0.15) is 0 Å². The summed E-state index contributed by atoms with van der Waals surface area (Å²) in [5.41, 5.74) is 0.950. The third-order valence-electron chi connectivity index (χ3n) is 4.66. The molecule has 0 unspecified atom stereocenters. The van der Waals surface area contributed by atoms with E-state index in [-0.39, 0.29) is 17.7 Å². The van der Waals surface area contributed by atoms with Gasteiger partial charge in [0.2, 0.25) is 11.8 Å². The smallest absolute Gasteiger partial charge is 0.238 e. The Morgan fingerprint density at radius 1 is 1.10 bits per heavy atom. The molecule has 3 rings (SSSR count). The van der Waals surface area contributed by atoms with Crippen LogP contribution in [0.5, 0.6) is 0 Å². The standard InChI is InChI=1S/C17H22N2O2/c1-13-7-9-18(10-8-13)12-19-16(20)11-15(17(19)21)14-5-3-2-4-6-14/h2-6,13,15H,7-12H2,1H3/t15-/m0/s1. The highest BCUT2D eigenvalue weighted by Gasteiger charge is 2.40. The first-order valence-corrected chi connectivity index (χ1v) is 7.76. The van der Waals surface area contributed by atoms with Crippen LogP contribution in [0.25, 0.3) is 0 Å². The first kappa shape index (κ1) is 14.3. The normalized spacial score (nSPS) is 24.8. The molecule has 0 N–H and O–H groups in total. The van der Waals surface area contributed by atoms with Crippen molar-refractivity contribution in [2.75, 3.05) is 19.8 Å². The second-order valence-electron chi connectivity index (χ2n) is 6.27. The molecule has 0 saturated carbocycles. The van der Waals surface area contributed by atoms with Gasteiger partial charge in [0, 0.05) is 19.5 Å². The number of likely N-dealkylation sites (tertiary alicyclic amines) is 2. The minimum absolute atomic E-state index is 0.0347. The highest BCUT2D eigenvalue weighted by molar-refractivity contribution is 6.06. The van der Waals surface area contributed by atoms with Gasteiger partial charge in [0.05, 0.1) is 12.6 Å². The van der Waals surface area contributed by atoms with Crippen molar-refractivity contribution in [2.45, 2.75) is 32.1 Å². The van der Waals surface area contributed by atoms with Crippen LogP contribution in [0.3, 0.4) is 0 Å². The fourth-order valence-corrected chi connectivity index (χ4v) is 3.18. The molecule has 0 radical (unpaired) electrons. The molecule has 1 aromatic rings. The number of carbonyl (C=O) groups is 2. The van der Waals surface area contributed by atoms with Crippen LogP contribution in [0.2, 0.25) is 0 Å². The summed E-state index contributed by atoms with van der Waals surface area (Å²) in [6, 6.07) is 9.63. The largest absolute Gasteiger partial charge is 0.286 e. The van der Waals surface area contributed by atoms with Crippen molar-refractivity contribution in [3.8, 4) is 0 Å². The van der Waals surface area contributed by atoms with Crippen molar-refractivity contribution in [3.63, 3.8) is 0 Å². The summed E-state index contributed by atoms with van der Waals surface area (Å²) in [6.45, 7) is 4.69. The Hall–Kier alpha value is -1.68. The average molecular weight is 286 g/mol. The predicted molar refractivity (Wildman–Crippen MR) is 80.5 cm³/mol. The molecule has 2 aliphatic rings. The van der Waals surface area contributed by atoms with Crippen LogP contribution in [0, 0.1) is 5.92 Å². The van der Waals surface area contributed by atoms with Crippen LogP contribution in [-0.2, 0) is 9.59 Å². The van der Waals surface area contributed by atoms with Gasteiger partial charge in [-0.3, -0.25) is 19.4 Å². The summed E-state index contributed by atoms with van der Waals surface area (Å²) in [6.07, 6.45) is 2.61. The van der Waals surface area contributed by atoms with E-state index in [2.05, 4.69) is 11.8 Å². The molecule has 0 spiro atoms. The number of imide groups is 1. The van der Waals surface area contributed by atoms with Crippen LogP contribution in [0.4, 0.5) is 0 Å². The number of hydrogen-bond donors (Lipinski definition) is 0. The number of piperidine rings is 1. The van der Waals surface area contributed by atoms with Crippen molar-refractivity contribution in [2.24, 2.45) is 5.92 Å². The molecule has 112 valence electrons. The fourth-order valence-electron chi connectivity index (χ4n) is 3.18. The van der Waals surface area contributed by atoms with Crippen LogP contribution >= 0.6 is 0 Å². The lowest BCUT2D eigenvalue weighted by Gasteiger charge is -2.32. The quantitative estimate of drug-likeness (QED) is 0.800. The summed E-state index contributed by atoms with van der Waals surface area (Å²) >= 11 is 0. The minimum Gasteiger partial charge on any atom is -0.286 e. The zero-order chi connectivity index (χ0) is 14.8. The van der Waals surface area contributed by atoms with Crippen LogP contribution in [-0.4, -0.2) is 41.4 Å². The molecule has 2 fully saturated rings. The van der Waals surface area contributed by atoms with E-state index in [1.54, 1.807) is 0 Å². The van der Waals surface area contributed by atoms with E-state index >= 15 is 0 Å². The Morgan fingerprint density at radius 2 is 1.76 bits per heavy atom. The lowest BCUT2D eigenvalue weighted by Crippen LogP contribution is -2.44. The van der Waals surface area contributed by atoms with E-state index in [4.69, 9.17) is 0 Å². The van der Waals surface area contributed by atoms with Crippen LogP contribution in [0.15, 0.2) is 30.3 Å². The van der Waals surface area contributed by atoms with Crippen LogP contribution in [0.1, 0.15) is 37.7 Å². The summed E-state index contributed by atoms with van der Waals surface area (Å²) in [7, 11) is 0. The van der Waals surface area contributed by atoms with Crippen molar-refractivity contribution in [1.29, 1.82) is 0 Å². The van der Waals surface area contributed by atoms with Crippen molar-refractivity contribution >= 4 is 11.8 Å². The van der Waals surface area contributed by atoms with E-state index < -0.39 is 0 Å². The molecule has 2 saturated heterocycles. The van der Waals surface area contributed by atoms with Crippen molar-refractivity contribution < 1.29 is 9.59 Å². The monoisotopic (exact) mass is 286 g/mol. The Balaban J connectivity index is 1.67. The van der Waals surface area contributed by atoms with Crippen molar-refractivity contribution in [3.05, 3.63) is 35.9 Å². The Kier molecular flexibility index (Phi) is 4.06. The lowest BCUT2D eigenvalue weighted by molar-refractivity contribution is -0.141. The molecule has 4 nitrogen and oxygen atoms in total. The van der Waals surface area contributed by atoms with Crippen molar-refractivity contribution in [1.82, 2.24) is 9.80 Å². The van der Waals surface area contributed by atoms with E-state index in [0.717, 1.165) is 37.4 Å². The zero-order valence-corrected chi connectivity index (χ0v) is 12.5. The molecule has 2 heterocycles. The maximum atomic E-state index is 12.5. The lowest BCUT2D eigenvalue weighted by atomic mass is 9.98. The molecule has 2 aliphatic heterocycles. The summed E-state index contributed by atoms with van der Waals surface area (Å²) in [4.78, 5) is 28.4. The SMILES string of the molecule is CC1CCN(CN2C(=O)C[C@@H](c3ccccc3)C2=O)CC1. The molecule has 21 heavy (non-hydrogen) atoms. The molecular formula is C17H22N2O2. The second-order valence-corrected chi connectivity index (χ2v) is 6.27. The van der Waals surface area contributed by atoms with E-state index in [0.29, 0.717) is 13.1 Å². The highest BCUT2D eigenvalue weighted by Crippen LogP contribution is 2.30. The van der Waals surface area contributed by atoms with E-state index in [9.17, 15) is 9.59 Å². The third kappa shape index (κ3) is 3.00. The Labute approximate surface area is 125 Å². The number of carbonyl (C=O) groups excluding carboxylic acids is 2. The van der Waals surface area contributed by atoms with E-state index in [1.807, 2.05) is 30.3 Å². The first-order chi connectivity index (χ1) is 10.1. The Bertz CT molecular complexity index is 521. The van der Waals surface area contributed by atoms with Gasteiger partial charge in [0.15, 0.2) is 0 Å². The molecule has 0 aliphatic carbocycles. The number of rotatable bonds is 3.